The number of aromatic nitrogens is 4. The molecule has 3 aliphatic rings. The third-order valence-electron chi connectivity index (χ3n) is 6.47. The molecule has 2 unspecified atom stereocenters. The zero-order valence-electron chi connectivity index (χ0n) is 16.7. The highest BCUT2D eigenvalue weighted by atomic mass is 16.5. The quantitative estimate of drug-likeness (QED) is 0.787. The maximum absolute atomic E-state index is 13.0. The summed E-state index contributed by atoms with van der Waals surface area (Å²) in [5, 5.41) is 12.3. The number of tetrazole rings is 1. The zero-order valence-corrected chi connectivity index (χ0v) is 16.7. The summed E-state index contributed by atoms with van der Waals surface area (Å²) < 4.78 is 7.69. The Kier molecular flexibility index (Phi) is 5.18. The molecule has 1 aromatic heterocycles. The molecule has 2 saturated heterocycles. The fraction of sp³-hybridized carbons (Fsp3) is 0.619. The highest BCUT2D eigenvalue weighted by molar-refractivity contribution is 5.95. The molecule has 0 radical (unpaired) electrons. The van der Waals surface area contributed by atoms with Gasteiger partial charge in [-0.15, -0.1) is 0 Å². The highest BCUT2D eigenvalue weighted by Crippen LogP contribution is 2.30. The van der Waals surface area contributed by atoms with Gasteiger partial charge in [-0.3, -0.25) is 4.79 Å². The van der Waals surface area contributed by atoms with Gasteiger partial charge in [0.25, 0.3) is 0 Å². The number of carbonyl (C=O) groups is 1. The minimum absolute atomic E-state index is 0.0349. The number of piperidine rings is 1. The number of hydrogen-bond donors (Lipinski definition) is 0. The Morgan fingerprint density at radius 3 is 2.97 bits per heavy atom. The largest absolute Gasteiger partial charge is 0.378 e. The molecule has 0 aliphatic carbocycles. The monoisotopic (exact) mass is 396 g/mol. The zero-order chi connectivity index (χ0) is 19.6. The van der Waals surface area contributed by atoms with Gasteiger partial charge in [0.15, 0.2) is 0 Å². The van der Waals surface area contributed by atoms with Crippen LogP contribution in [-0.2, 0) is 22.5 Å². The van der Waals surface area contributed by atoms with Gasteiger partial charge < -0.3 is 14.5 Å². The normalized spacial score (nSPS) is 24.6. The van der Waals surface area contributed by atoms with Gasteiger partial charge in [0.05, 0.1) is 6.10 Å². The summed E-state index contributed by atoms with van der Waals surface area (Å²) in [5.41, 5.74) is 2.24. The van der Waals surface area contributed by atoms with Crippen molar-refractivity contribution in [2.75, 3.05) is 36.0 Å². The Hall–Kier alpha value is -2.48. The van der Waals surface area contributed by atoms with Crippen LogP contribution in [0, 0.1) is 5.92 Å². The fourth-order valence-electron chi connectivity index (χ4n) is 4.97. The Labute approximate surface area is 170 Å². The molecule has 0 N–H and O–H groups in total. The van der Waals surface area contributed by atoms with E-state index in [1.807, 2.05) is 23.1 Å². The van der Waals surface area contributed by atoms with E-state index in [0.717, 1.165) is 51.2 Å². The Morgan fingerprint density at radius 1 is 1.14 bits per heavy atom. The molecule has 0 bridgehead atoms. The van der Waals surface area contributed by atoms with Gasteiger partial charge in [0.1, 0.15) is 6.54 Å². The molecule has 8 nitrogen and oxygen atoms in total. The first-order chi connectivity index (χ1) is 14.3. The molecule has 1 amide bonds. The van der Waals surface area contributed by atoms with Gasteiger partial charge in [-0.25, -0.2) is 4.68 Å². The van der Waals surface area contributed by atoms with Gasteiger partial charge in [-0.1, -0.05) is 23.3 Å². The molecule has 154 valence electrons. The van der Waals surface area contributed by atoms with Gasteiger partial charge in [0, 0.05) is 37.8 Å². The van der Waals surface area contributed by atoms with Crippen LogP contribution in [0.15, 0.2) is 24.3 Å². The van der Waals surface area contributed by atoms with E-state index in [2.05, 4.69) is 26.5 Å². The molecule has 2 fully saturated rings. The second-order valence-electron chi connectivity index (χ2n) is 8.31. The first-order valence-corrected chi connectivity index (χ1v) is 10.8. The summed E-state index contributed by atoms with van der Waals surface area (Å²) in [4.78, 5) is 17.1. The Bertz CT molecular complexity index is 862. The van der Waals surface area contributed by atoms with E-state index in [1.54, 1.807) is 4.68 Å². The number of nitrogens with zero attached hydrogens (tertiary/aromatic N) is 6. The number of anilines is 2. The van der Waals surface area contributed by atoms with Crippen molar-refractivity contribution in [3.63, 3.8) is 0 Å². The number of amides is 1. The molecule has 1 aromatic carbocycles. The van der Waals surface area contributed by atoms with E-state index in [1.165, 1.54) is 24.8 Å². The van der Waals surface area contributed by atoms with Crippen LogP contribution >= 0.6 is 0 Å². The third kappa shape index (κ3) is 3.73. The summed E-state index contributed by atoms with van der Waals surface area (Å²) in [7, 11) is 0. The lowest BCUT2D eigenvalue weighted by Gasteiger charge is -2.38. The van der Waals surface area contributed by atoms with Crippen LogP contribution in [0.5, 0.6) is 0 Å². The Morgan fingerprint density at radius 2 is 2.07 bits per heavy atom. The summed E-state index contributed by atoms with van der Waals surface area (Å²) in [6, 6.07) is 8.11. The lowest BCUT2D eigenvalue weighted by molar-refractivity contribution is -0.119. The topological polar surface area (TPSA) is 76.4 Å². The molecule has 2 aromatic rings. The maximum Gasteiger partial charge on any atom is 0.248 e. The smallest absolute Gasteiger partial charge is 0.248 e. The summed E-state index contributed by atoms with van der Waals surface area (Å²) >= 11 is 0. The van der Waals surface area contributed by atoms with Crippen LogP contribution in [0.25, 0.3) is 0 Å². The van der Waals surface area contributed by atoms with Crippen LogP contribution < -0.4 is 9.80 Å². The number of para-hydroxylation sites is 1. The lowest BCUT2D eigenvalue weighted by atomic mass is 9.88. The van der Waals surface area contributed by atoms with Crippen molar-refractivity contribution in [3.8, 4) is 0 Å². The minimum Gasteiger partial charge on any atom is -0.378 e. The predicted octanol–water partition coefficient (Wildman–Crippen LogP) is 2.05. The van der Waals surface area contributed by atoms with E-state index < -0.39 is 0 Å². The van der Waals surface area contributed by atoms with Gasteiger partial charge in [-0.05, 0) is 60.6 Å². The van der Waals surface area contributed by atoms with E-state index in [9.17, 15) is 4.79 Å². The van der Waals surface area contributed by atoms with E-state index in [0.29, 0.717) is 18.0 Å². The molecule has 2 atom stereocenters. The van der Waals surface area contributed by atoms with Gasteiger partial charge >= 0.3 is 0 Å². The molecule has 4 heterocycles. The average Bonchev–Trinajstić information content (AvgIpc) is 3.41. The summed E-state index contributed by atoms with van der Waals surface area (Å²) in [6.07, 6.45) is 7.11. The molecular formula is C21H28N6O2. The maximum atomic E-state index is 13.0. The molecule has 3 aliphatic heterocycles. The van der Waals surface area contributed by atoms with Gasteiger partial charge in [-0.2, -0.15) is 0 Å². The van der Waals surface area contributed by atoms with E-state index in [4.69, 9.17) is 4.74 Å². The van der Waals surface area contributed by atoms with E-state index >= 15 is 0 Å². The average molecular weight is 396 g/mol. The minimum atomic E-state index is 0.0349. The van der Waals surface area contributed by atoms with Crippen LogP contribution in [-0.4, -0.2) is 58.5 Å². The number of benzene rings is 1. The number of ether oxygens (including phenoxy) is 1. The van der Waals surface area contributed by atoms with Crippen molar-refractivity contribution < 1.29 is 9.53 Å². The van der Waals surface area contributed by atoms with E-state index in [-0.39, 0.29) is 12.5 Å². The van der Waals surface area contributed by atoms with Crippen molar-refractivity contribution in [1.29, 1.82) is 0 Å². The number of rotatable bonds is 4. The summed E-state index contributed by atoms with van der Waals surface area (Å²) in [6.45, 7) is 3.58. The van der Waals surface area contributed by atoms with Crippen molar-refractivity contribution in [2.24, 2.45) is 5.92 Å². The van der Waals surface area contributed by atoms with Crippen LogP contribution in [0.1, 0.15) is 37.7 Å². The second-order valence-corrected chi connectivity index (χ2v) is 8.31. The number of hydrogen-bond acceptors (Lipinski definition) is 6. The fourth-order valence-corrected chi connectivity index (χ4v) is 4.97. The SMILES string of the molecule is O=C(Cn1nnnc1N1CCCC(C2CCCCO2)C1)N1CCc2ccccc21. The molecule has 5 rings (SSSR count). The van der Waals surface area contributed by atoms with Crippen LogP contribution in [0.2, 0.25) is 0 Å². The molecule has 0 spiro atoms. The molecule has 0 saturated carbocycles. The second kappa shape index (κ2) is 8.10. The standard InChI is InChI=1S/C21H28N6O2/c28-20(26-12-10-16-6-1-2-8-18(16)26)15-27-21(22-23-24-27)25-11-5-7-17(14-25)19-9-3-4-13-29-19/h1-2,6,8,17,19H,3-5,7,9-15H2. The molecular weight excluding hydrogens is 368 g/mol. The van der Waals surface area contributed by atoms with Crippen molar-refractivity contribution in [1.82, 2.24) is 20.2 Å². The van der Waals surface area contributed by atoms with Crippen LogP contribution in [0.3, 0.4) is 0 Å². The van der Waals surface area contributed by atoms with Crippen molar-refractivity contribution >= 4 is 17.5 Å². The lowest BCUT2D eigenvalue weighted by Crippen LogP contribution is -2.43. The molecule has 29 heavy (non-hydrogen) atoms. The first-order valence-electron chi connectivity index (χ1n) is 10.8. The van der Waals surface area contributed by atoms with Crippen LogP contribution in [0.4, 0.5) is 11.6 Å². The van der Waals surface area contributed by atoms with Crippen molar-refractivity contribution in [2.45, 2.75) is 51.2 Å². The number of fused-ring (bicyclic) bond motifs is 1. The molecule has 8 heteroatoms. The third-order valence-corrected chi connectivity index (χ3v) is 6.47. The summed E-state index contributed by atoms with van der Waals surface area (Å²) in [5.74, 6) is 1.24. The number of carbonyl (C=O) groups excluding carboxylic acids is 1. The van der Waals surface area contributed by atoms with Gasteiger partial charge in [0.2, 0.25) is 11.9 Å². The predicted molar refractivity (Wildman–Crippen MR) is 109 cm³/mol. The highest BCUT2D eigenvalue weighted by Gasteiger charge is 2.32. The first kappa shape index (κ1) is 18.5. The Balaban J connectivity index is 1.28. The van der Waals surface area contributed by atoms with Crippen molar-refractivity contribution in [3.05, 3.63) is 29.8 Å².